The highest BCUT2D eigenvalue weighted by Gasteiger charge is 2.22. The zero-order valence-electron chi connectivity index (χ0n) is 8.41. The number of hydrogen-bond acceptors (Lipinski definition) is 1. The van der Waals surface area contributed by atoms with Crippen molar-refractivity contribution in [2.24, 2.45) is 5.92 Å². The summed E-state index contributed by atoms with van der Waals surface area (Å²) < 4.78 is 0. The second kappa shape index (κ2) is 4.70. The van der Waals surface area contributed by atoms with Gasteiger partial charge in [0.05, 0.1) is 11.1 Å². The lowest BCUT2D eigenvalue weighted by Crippen LogP contribution is -2.10. The van der Waals surface area contributed by atoms with E-state index in [1.54, 1.807) is 0 Å². The van der Waals surface area contributed by atoms with E-state index in [2.05, 4.69) is 11.8 Å². The molecule has 1 nitrogen and oxygen atoms in total. The second-order valence-electron chi connectivity index (χ2n) is 3.85. The highest BCUT2D eigenvalue weighted by Crippen LogP contribution is 2.25. The highest BCUT2D eigenvalue weighted by atomic mass is 35.5. The molecule has 0 amide bonds. The molecule has 2 rings (SSSR count). The average molecular weight is 221 g/mol. The van der Waals surface area contributed by atoms with E-state index in [1.807, 2.05) is 24.3 Å². The van der Waals surface area contributed by atoms with Crippen molar-refractivity contribution in [1.82, 2.24) is 0 Å². The van der Waals surface area contributed by atoms with Crippen molar-refractivity contribution in [1.29, 1.82) is 0 Å². The van der Waals surface area contributed by atoms with Crippen LogP contribution in [0.5, 0.6) is 0 Å². The maximum Gasteiger partial charge on any atom is 0.0677 e. The Bertz CT molecular complexity index is 402. The summed E-state index contributed by atoms with van der Waals surface area (Å²) in [5.74, 6) is 6.27. The van der Waals surface area contributed by atoms with Crippen molar-refractivity contribution in [3.8, 4) is 11.8 Å². The molecule has 0 spiro atoms. The fraction of sp³-hybridized carbons (Fsp3) is 0.385. The summed E-state index contributed by atoms with van der Waals surface area (Å²) >= 11 is 5.98. The molecule has 2 atom stereocenters. The van der Waals surface area contributed by atoms with Crippen molar-refractivity contribution in [2.75, 3.05) is 0 Å². The summed E-state index contributed by atoms with van der Waals surface area (Å²) in [5, 5.41) is 10.3. The van der Waals surface area contributed by atoms with Gasteiger partial charge in [0, 0.05) is 11.5 Å². The summed E-state index contributed by atoms with van der Waals surface area (Å²) in [6, 6.07) is 7.53. The van der Waals surface area contributed by atoms with Crippen molar-refractivity contribution in [3.05, 3.63) is 34.9 Å². The summed E-state index contributed by atoms with van der Waals surface area (Å²) in [6.45, 7) is 0. The molecule has 0 bridgehead atoms. The van der Waals surface area contributed by atoms with Crippen LogP contribution in [0.25, 0.3) is 0 Å². The molecule has 1 fully saturated rings. The van der Waals surface area contributed by atoms with Gasteiger partial charge >= 0.3 is 0 Å². The van der Waals surface area contributed by atoms with Gasteiger partial charge in [-0.2, -0.15) is 0 Å². The van der Waals surface area contributed by atoms with Crippen LogP contribution in [0.4, 0.5) is 0 Å². The molecule has 0 radical (unpaired) electrons. The molecule has 0 aliphatic heterocycles. The van der Waals surface area contributed by atoms with Crippen molar-refractivity contribution >= 4 is 11.6 Å². The van der Waals surface area contributed by atoms with E-state index in [1.165, 1.54) is 0 Å². The molecule has 1 aliphatic rings. The molecule has 1 aromatic carbocycles. The number of halogens is 1. The number of rotatable bonds is 0. The maximum absolute atomic E-state index is 9.60. The highest BCUT2D eigenvalue weighted by molar-refractivity contribution is 6.31. The Hall–Kier alpha value is -0.970. The van der Waals surface area contributed by atoms with Crippen LogP contribution in [0, 0.1) is 17.8 Å². The monoisotopic (exact) mass is 220 g/mol. The fourth-order valence-corrected chi connectivity index (χ4v) is 2.02. The number of aliphatic hydroxyl groups is 1. The maximum atomic E-state index is 9.60. The van der Waals surface area contributed by atoms with Crippen molar-refractivity contribution in [2.45, 2.75) is 25.4 Å². The zero-order chi connectivity index (χ0) is 10.7. The van der Waals surface area contributed by atoms with Gasteiger partial charge in [-0.15, -0.1) is 0 Å². The predicted molar refractivity (Wildman–Crippen MR) is 61.7 cm³/mol. The molecule has 1 saturated carbocycles. The van der Waals surface area contributed by atoms with Gasteiger partial charge in [-0.05, 0) is 31.4 Å². The molecule has 0 heterocycles. The number of aliphatic hydroxyl groups excluding tert-OH is 1. The number of benzene rings is 1. The Labute approximate surface area is 95.1 Å². The van der Waals surface area contributed by atoms with Gasteiger partial charge in [0.2, 0.25) is 0 Å². The quantitative estimate of drug-likeness (QED) is 0.667. The van der Waals surface area contributed by atoms with Gasteiger partial charge in [-0.3, -0.25) is 0 Å². The molecule has 1 N–H and O–H groups in total. The SMILES string of the molecule is O[C@@H]1CCC[C@H]1C#Cc1ccccc1Cl. The van der Waals surface area contributed by atoms with E-state index in [0.717, 1.165) is 24.8 Å². The normalized spacial score (nSPS) is 24.7. The minimum Gasteiger partial charge on any atom is -0.392 e. The molecule has 0 unspecified atom stereocenters. The third-order valence-electron chi connectivity index (χ3n) is 2.75. The molecule has 2 heteroatoms. The molecule has 0 aromatic heterocycles. The Morgan fingerprint density at radius 3 is 2.73 bits per heavy atom. The van der Waals surface area contributed by atoms with E-state index in [9.17, 15) is 5.11 Å². The van der Waals surface area contributed by atoms with Crippen LogP contribution in [0.1, 0.15) is 24.8 Å². The lowest BCUT2D eigenvalue weighted by Gasteiger charge is -2.05. The van der Waals surface area contributed by atoms with Crippen LogP contribution in [0.15, 0.2) is 24.3 Å². The smallest absolute Gasteiger partial charge is 0.0677 e. The van der Waals surface area contributed by atoms with Crippen LogP contribution < -0.4 is 0 Å². The number of hydrogen-bond donors (Lipinski definition) is 1. The zero-order valence-corrected chi connectivity index (χ0v) is 9.17. The van der Waals surface area contributed by atoms with Gasteiger partial charge in [-0.25, -0.2) is 0 Å². The summed E-state index contributed by atoms with van der Waals surface area (Å²) in [7, 11) is 0. The molecule has 0 saturated heterocycles. The minimum absolute atomic E-state index is 0.126. The Balaban J connectivity index is 2.14. The summed E-state index contributed by atoms with van der Waals surface area (Å²) in [4.78, 5) is 0. The van der Waals surface area contributed by atoms with E-state index < -0.39 is 0 Å². The van der Waals surface area contributed by atoms with Crippen LogP contribution in [-0.4, -0.2) is 11.2 Å². The van der Waals surface area contributed by atoms with Crippen molar-refractivity contribution < 1.29 is 5.11 Å². The van der Waals surface area contributed by atoms with Crippen LogP contribution in [0.2, 0.25) is 5.02 Å². The van der Waals surface area contributed by atoms with Gasteiger partial charge in [-0.1, -0.05) is 35.6 Å². The minimum atomic E-state index is -0.250. The first kappa shape index (κ1) is 10.5. The molecule has 1 aliphatic carbocycles. The Morgan fingerprint density at radius 1 is 1.27 bits per heavy atom. The summed E-state index contributed by atoms with van der Waals surface area (Å²) in [6.07, 6.45) is 2.70. The topological polar surface area (TPSA) is 20.2 Å². The van der Waals surface area contributed by atoms with E-state index in [-0.39, 0.29) is 12.0 Å². The third kappa shape index (κ3) is 2.53. The largest absolute Gasteiger partial charge is 0.392 e. The van der Waals surface area contributed by atoms with Crippen LogP contribution >= 0.6 is 11.6 Å². The van der Waals surface area contributed by atoms with Crippen molar-refractivity contribution in [3.63, 3.8) is 0 Å². The lowest BCUT2D eigenvalue weighted by atomic mass is 10.1. The van der Waals surface area contributed by atoms with Gasteiger partial charge in [0.25, 0.3) is 0 Å². The first-order valence-electron chi connectivity index (χ1n) is 5.21. The van der Waals surface area contributed by atoms with Crippen LogP contribution in [0.3, 0.4) is 0 Å². The average Bonchev–Trinajstić information content (AvgIpc) is 2.63. The third-order valence-corrected chi connectivity index (χ3v) is 3.08. The first-order valence-corrected chi connectivity index (χ1v) is 5.59. The molecule has 15 heavy (non-hydrogen) atoms. The molecule has 78 valence electrons. The van der Waals surface area contributed by atoms with Gasteiger partial charge in [0.1, 0.15) is 0 Å². The summed E-state index contributed by atoms with van der Waals surface area (Å²) in [5.41, 5.74) is 0.846. The Kier molecular flexibility index (Phi) is 3.30. The Morgan fingerprint density at radius 2 is 2.07 bits per heavy atom. The lowest BCUT2D eigenvalue weighted by molar-refractivity contribution is 0.157. The van der Waals surface area contributed by atoms with E-state index >= 15 is 0 Å². The predicted octanol–water partition coefficient (Wildman–Crippen LogP) is 2.85. The van der Waals surface area contributed by atoms with E-state index in [0.29, 0.717) is 5.02 Å². The van der Waals surface area contributed by atoms with Crippen LogP contribution in [-0.2, 0) is 0 Å². The van der Waals surface area contributed by atoms with Gasteiger partial charge < -0.3 is 5.11 Å². The molecular formula is C13H13ClO. The fourth-order valence-electron chi connectivity index (χ4n) is 1.84. The standard InChI is InChI=1S/C13H13ClO/c14-12-6-2-1-4-10(12)8-9-11-5-3-7-13(11)15/h1-2,4,6,11,13,15H,3,5,7H2/t11-,13+/m0/s1. The van der Waals surface area contributed by atoms with Gasteiger partial charge in [0.15, 0.2) is 0 Å². The van der Waals surface area contributed by atoms with E-state index in [4.69, 9.17) is 11.6 Å². The second-order valence-corrected chi connectivity index (χ2v) is 4.26. The first-order chi connectivity index (χ1) is 7.27. The molecular weight excluding hydrogens is 208 g/mol. The molecule has 1 aromatic rings.